The van der Waals surface area contributed by atoms with E-state index in [2.05, 4.69) is 20.0 Å². The topological polar surface area (TPSA) is 72.5 Å². The number of fused-ring (bicyclic) bond motifs is 1. The van der Waals surface area contributed by atoms with Gasteiger partial charge in [-0.05, 0) is 68.2 Å². The number of anilines is 1. The summed E-state index contributed by atoms with van der Waals surface area (Å²) in [4.78, 5) is 17.5. The third-order valence-electron chi connectivity index (χ3n) is 7.18. The molecule has 1 aliphatic carbocycles. The number of nitrogens with zero attached hydrogens (tertiary/aromatic N) is 3. The zero-order chi connectivity index (χ0) is 21.5. The smallest absolute Gasteiger partial charge is 0.226 e. The summed E-state index contributed by atoms with van der Waals surface area (Å²) in [7, 11) is 0. The van der Waals surface area contributed by atoms with Crippen molar-refractivity contribution >= 4 is 34.8 Å². The summed E-state index contributed by atoms with van der Waals surface area (Å²) in [6.07, 6.45) is 7.44. The highest BCUT2D eigenvalue weighted by Crippen LogP contribution is 2.36. The van der Waals surface area contributed by atoms with E-state index in [-0.39, 0.29) is 24.0 Å². The lowest BCUT2D eigenvalue weighted by atomic mass is 9.92. The van der Waals surface area contributed by atoms with Gasteiger partial charge in [0.15, 0.2) is 0 Å². The lowest BCUT2D eigenvalue weighted by Gasteiger charge is -2.32. The van der Waals surface area contributed by atoms with Gasteiger partial charge in [-0.3, -0.25) is 9.89 Å². The molecule has 1 aromatic carbocycles. The average Bonchev–Trinajstić information content (AvgIpc) is 3.37. The highest BCUT2D eigenvalue weighted by Gasteiger charge is 2.38. The molecule has 1 amide bonds. The summed E-state index contributed by atoms with van der Waals surface area (Å²) in [6.45, 7) is 2.39. The van der Waals surface area contributed by atoms with Gasteiger partial charge in [0.05, 0.1) is 11.8 Å². The summed E-state index contributed by atoms with van der Waals surface area (Å²) in [5.74, 6) is 0.148. The van der Waals surface area contributed by atoms with E-state index >= 15 is 0 Å². The first kappa shape index (κ1) is 21.1. The van der Waals surface area contributed by atoms with Crippen molar-refractivity contribution in [2.75, 3.05) is 24.5 Å². The Balaban J connectivity index is 1.26. The number of aromatic amines is 1. The highest BCUT2D eigenvalue weighted by molar-refractivity contribution is 6.36. The number of aryl methyl sites for hydroxylation is 1. The molecule has 2 N–H and O–H groups in total. The third kappa shape index (κ3) is 4.18. The van der Waals surface area contributed by atoms with E-state index in [9.17, 15) is 9.90 Å². The van der Waals surface area contributed by atoms with Crippen molar-refractivity contribution in [1.29, 1.82) is 0 Å². The Labute approximate surface area is 192 Å². The molecule has 8 heteroatoms. The number of carbonyl (C=O) groups is 1. The standard InChI is InChI=1S/C23H28Cl2N4O2/c24-20-11-17(28-6-4-18(30)5-7-28)12-21(25)19(20)10-14-3-8-29(23(14)31)16-1-2-22-15(9-16)13-26-27-22/h11-14,16,18,30H,1-10H2,(H,26,27)/t14-,16-/m0/s1. The second-order valence-corrected chi connectivity index (χ2v) is 9.90. The highest BCUT2D eigenvalue weighted by atomic mass is 35.5. The molecular formula is C23H28Cl2N4O2. The van der Waals surface area contributed by atoms with E-state index in [1.807, 2.05) is 18.3 Å². The van der Waals surface area contributed by atoms with Gasteiger partial charge in [0.1, 0.15) is 0 Å². The number of hydrogen-bond donors (Lipinski definition) is 2. The van der Waals surface area contributed by atoms with Crippen LogP contribution >= 0.6 is 23.2 Å². The van der Waals surface area contributed by atoms with Crippen molar-refractivity contribution in [1.82, 2.24) is 15.1 Å². The van der Waals surface area contributed by atoms with Crippen LogP contribution < -0.4 is 4.90 Å². The second-order valence-electron chi connectivity index (χ2n) is 9.08. The van der Waals surface area contributed by atoms with Crippen LogP contribution in [0.25, 0.3) is 0 Å². The number of aliphatic hydroxyl groups excluding tert-OH is 1. The van der Waals surface area contributed by atoms with Crippen LogP contribution in [0.1, 0.15) is 42.5 Å². The molecule has 0 radical (unpaired) electrons. The normalized spacial score (nSPS) is 24.7. The van der Waals surface area contributed by atoms with E-state index in [4.69, 9.17) is 23.2 Å². The lowest BCUT2D eigenvalue weighted by Crippen LogP contribution is -2.41. The minimum atomic E-state index is -0.220. The van der Waals surface area contributed by atoms with Gasteiger partial charge >= 0.3 is 0 Å². The molecule has 6 nitrogen and oxygen atoms in total. The Hall–Kier alpha value is -1.76. The van der Waals surface area contributed by atoms with E-state index in [1.54, 1.807) is 0 Å². The van der Waals surface area contributed by atoms with Crippen LogP contribution in [0.3, 0.4) is 0 Å². The van der Waals surface area contributed by atoms with Crippen LogP contribution in [0.15, 0.2) is 18.3 Å². The first-order valence-electron chi connectivity index (χ1n) is 11.2. The average molecular weight is 463 g/mol. The minimum absolute atomic E-state index is 0.0725. The number of H-pyrrole nitrogens is 1. The largest absolute Gasteiger partial charge is 0.393 e. The van der Waals surface area contributed by atoms with Crippen molar-refractivity contribution in [3.8, 4) is 0 Å². The molecule has 2 saturated heterocycles. The van der Waals surface area contributed by atoms with E-state index < -0.39 is 0 Å². The second kappa shape index (κ2) is 8.64. The van der Waals surface area contributed by atoms with Gasteiger partial charge in [-0.25, -0.2) is 0 Å². The van der Waals surface area contributed by atoms with E-state index in [0.29, 0.717) is 16.5 Å². The van der Waals surface area contributed by atoms with Crippen molar-refractivity contribution in [2.45, 2.75) is 57.1 Å². The fourth-order valence-corrected chi connectivity index (χ4v) is 5.94. The molecule has 5 rings (SSSR count). The maximum Gasteiger partial charge on any atom is 0.226 e. The molecule has 0 bridgehead atoms. The van der Waals surface area contributed by atoms with Crippen LogP contribution in [-0.2, 0) is 24.1 Å². The van der Waals surface area contributed by atoms with Gasteiger partial charge in [-0.15, -0.1) is 0 Å². The number of nitrogens with one attached hydrogen (secondary N) is 1. The predicted octanol–water partition coefficient (Wildman–Crippen LogP) is 3.63. The summed E-state index contributed by atoms with van der Waals surface area (Å²) >= 11 is 13.3. The summed E-state index contributed by atoms with van der Waals surface area (Å²) in [6, 6.07) is 4.17. The molecule has 166 valence electrons. The van der Waals surface area contributed by atoms with Crippen LogP contribution in [-0.4, -0.2) is 57.9 Å². The molecule has 2 atom stereocenters. The van der Waals surface area contributed by atoms with Gasteiger partial charge in [0.2, 0.25) is 5.91 Å². The molecule has 0 saturated carbocycles. The molecule has 2 aliphatic heterocycles. The first-order valence-corrected chi connectivity index (χ1v) is 12.0. The zero-order valence-corrected chi connectivity index (χ0v) is 19.0. The van der Waals surface area contributed by atoms with Crippen molar-refractivity contribution in [2.24, 2.45) is 5.92 Å². The number of hydrogen-bond acceptors (Lipinski definition) is 4. The number of amides is 1. The Bertz CT molecular complexity index is 947. The Morgan fingerprint density at radius 1 is 1.10 bits per heavy atom. The van der Waals surface area contributed by atoms with Gasteiger partial charge in [-0.1, -0.05) is 23.2 Å². The summed E-state index contributed by atoms with van der Waals surface area (Å²) in [5, 5.41) is 18.2. The molecule has 1 aromatic heterocycles. The monoisotopic (exact) mass is 462 g/mol. The Morgan fingerprint density at radius 2 is 1.84 bits per heavy atom. The number of likely N-dealkylation sites (tertiary alicyclic amines) is 1. The van der Waals surface area contributed by atoms with E-state index in [0.717, 1.165) is 75.1 Å². The van der Waals surface area contributed by atoms with Crippen molar-refractivity contribution in [3.05, 3.63) is 45.2 Å². The maximum absolute atomic E-state index is 13.2. The number of piperidine rings is 1. The number of halogens is 2. The van der Waals surface area contributed by atoms with Crippen LogP contribution in [0.5, 0.6) is 0 Å². The lowest BCUT2D eigenvalue weighted by molar-refractivity contribution is -0.133. The molecule has 3 heterocycles. The van der Waals surface area contributed by atoms with Gasteiger partial charge in [0.25, 0.3) is 0 Å². The maximum atomic E-state index is 13.2. The fourth-order valence-electron chi connectivity index (χ4n) is 5.31. The van der Waals surface area contributed by atoms with Gasteiger partial charge in [-0.2, -0.15) is 5.10 Å². The van der Waals surface area contributed by atoms with Gasteiger partial charge in [0, 0.05) is 53.5 Å². The quantitative estimate of drug-likeness (QED) is 0.727. The molecule has 31 heavy (non-hydrogen) atoms. The number of aromatic nitrogens is 2. The molecular weight excluding hydrogens is 435 g/mol. The third-order valence-corrected chi connectivity index (χ3v) is 7.85. The van der Waals surface area contributed by atoms with Crippen LogP contribution in [0.2, 0.25) is 10.0 Å². The SMILES string of the molecule is O=C1[C@H](Cc2c(Cl)cc(N3CCC(O)CC3)cc2Cl)CCN1[C@H]1CCc2n[nH]cc2C1. The minimum Gasteiger partial charge on any atom is -0.393 e. The number of aliphatic hydroxyl groups is 1. The molecule has 0 unspecified atom stereocenters. The molecule has 3 aliphatic rings. The number of benzene rings is 1. The summed E-state index contributed by atoms with van der Waals surface area (Å²) < 4.78 is 0. The van der Waals surface area contributed by atoms with Crippen LogP contribution in [0.4, 0.5) is 5.69 Å². The summed E-state index contributed by atoms with van der Waals surface area (Å²) in [5.41, 5.74) is 4.23. The zero-order valence-electron chi connectivity index (χ0n) is 17.5. The Kier molecular flexibility index (Phi) is 5.88. The Morgan fingerprint density at radius 3 is 2.58 bits per heavy atom. The van der Waals surface area contributed by atoms with Gasteiger partial charge < -0.3 is 14.9 Å². The number of rotatable bonds is 4. The molecule has 2 fully saturated rings. The van der Waals surface area contributed by atoms with Crippen LogP contribution in [0, 0.1) is 5.92 Å². The first-order chi connectivity index (χ1) is 15.0. The van der Waals surface area contributed by atoms with Crippen molar-refractivity contribution < 1.29 is 9.90 Å². The molecule has 0 spiro atoms. The van der Waals surface area contributed by atoms with Crippen molar-refractivity contribution in [3.63, 3.8) is 0 Å². The predicted molar refractivity (Wildman–Crippen MR) is 122 cm³/mol. The fraction of sp³-hybridized carbons (Fsp3) is 0.565. The molecule has 2 aromatic rings. The van der Waals surface area contributed by atoms with E-state index in [1.165, 1.54) is 5.56 Å². The number of carbonyl (C=O) groups excluding carboxylic acids is 1.